The van der Waals surface area contributed by atoms with Gasteiger partial charge in [-0.25, -0.2) is 9.78 Å². The highest BCUT2D eigenvalue weighted by atomic mass is 32.2. The van der Waals surface area contributed by atoms with Crippen molar-refractivity contribution in [3.63, 3.8) is 0 Å². The largest absolute Gasteiger partial charge is 0.490 e. The highest BCUT2D eigenvalue weighted by Crippen LogP contribution is 2.32. The number of hydrogen-bond acceptors (Lipinski definition) is 5. The van der Waals surface area contributed by atoms with E-state index in [0.29, 0.717) is 5.92 Å². The van der Waals surface area contributed by atoms with Crippen LogP contribution in [0.1, 0.15) is 29.5 Å². The van der Waals surface area contributed by atoms with Crippen molar-refractivity contribution in [2.24, 2.45) is 0 Å². The van der Waals surface area contributed by atoms with E-state index in [9.17, 15) is 13.2 Å². The van der Waals surface area contributed by atoms with Gasteiger partial charge >= 0.3 is 12.1 Å². The molecule has 0 radical (unpaired) electrons. The minimum absolute atomic E-state index is 0.664. The number of halogens is 3. The van der Waals surface area contributed by atoms with Crippen molar-refractivity contribution in [3.8, 4) is 0 Å². The average molecular weight is 455 g/mol. The van der Waals surface area contributed by atoms with Gasteiger partial charge in [0.2, 0.25) is 0 Å². The number of nitrogens with one attached hydrogen (secondary N) is 1. The highest BCUT2D eigenvalue weighted by molar-refractivity contribution is 7.98. The second kappa shape index (κ2) is 10.3. The van der Waals surface area contributed by atoms with E-state index < -0.39 is 12.1 Å². The molecule has 2 N–H and O–H groups in total. The minimum Gasteiger partial charge on any atom is -0.475 e. The fourth-order valence-electron chi connectivity index (χ4n) is 3.12. The predicted octanol–water partition coefficient (Wildman–Crippen LogP) is 5.69. The molecule has 0 amide bonds. The zero-order valence-electron chi connectivity index (χ0n) is 16.0. The molecule has 1 aliphatic rings. The van der Waals surface area contributed by atoms with Gasteiger partial charge in [0, 0.05) is 21.9 Å². The first kappa shape index (κ1) is 22.6. The number of hydrogen-bond donors (Lipinski definition) is 2. The highest BCUT2D eigenvalue weighted by Gasteiger charge is 2.38. The molecule has 1 saturated heterocycles. The van der Waals surface area contributed by atoms with Gasteiger partial charge < -0.3 is 10.4 Å². The molecule has 0 bridgehead atoms. The summed E-state index contributed by atoms with van der Waals surface area (Å²) in [5.41, 5.74) is 1.22. The third-order valence-corrected chi connectivity index (χ3v) is 6.79. The number of alkyl halides is 3. The van der Waals surface area contributed by atoms with Crippen LogP contribution in [-0.2, 0) is 10.5 Å². The number of rotatable bonds is 4. The molecular weight excluding hydrogens is 433 g/mol. The Balaban J connectivity index is 0.000000318. The molecular formula is C21H21F3N2O2S2. The lowest BCUT2D eigenvalue weighted by atomic mass is 9.99. The second-order valence-corrected chi connectivity index (χ2v) is 8.68. The van der Waals surface area contributed by atoms with Crippen LogP contribution >= 0.6 is 23.1 Å². The number of thiazole rings is 1. The maximum Gasteiger partial charge on any atom is 0.490 e. The molecule has 0 spiro atoms. The van der Waals surface area contributed by atoms with Gasteiger partial charge in [0.25, 0.3) is 0 Å². The van der Waals surface area contributed by atoms with Crippen molar-refractivity contribution in [3.05, 3.63) is 58.5 Å². The molecule has 0 unspecified atom stereocenters. The molecule has 2 heterocycles. The Morgan fingerprint density at radius 2 is 1.83 bits per heavy atom. The van der Waals surface area contributed by atoms with Gasteiger partial charge in [0.05, 0.1) is 10.7 Å². The Kier molecular flexibility index (Phi) is 7.74. The maximum atomic E-state index is 10.6. The van der Waals surface area contributed by atoms with Gasteiger partial charge in [-0.3, -0.25) is 0 Å². The number of thioether (sulfide) groups is 1. The number of carbonyl (C=O) groups is 1. The van der Waals surface area contributed by atoms with Crippen LogP contribution in [-0.4, -0.2) is 35.3 Å². The quantitative estimate of drug-likeness (QED) is 0.496. The van der Waals surface area contributed by atoms with Gasteiger partial charge in [-0.15, -0.1) is 23.1 Å². The summed E-state index contributed by atoms with van der Waals surface area (Å²) in [5, 5.41) is 16.8. The number of aromatic nitrogens is 1. The molecule has 3 aromatic rings. The standard InChI is InChI=1S/C19H20N2S2.C2HF3O2/c1-2-6-17-14(4-1)5-3-7-18(17)22-12-16-13-23-19(21-16)15-8-10-20-11-9-15;3-2(4,5)1(6)7/h1-7,13,15,20H,8-12H2;(H,6,7). The monoisotopic (exact) mass is 454 g/mol. The Hall–Kier alpha value is -2.10. The number of piperidine rings is 1. The van der Waals surface area contributed by atoms with E-state index >= 15 is 0 Å². The number of aliphatic carboxylic acids is 1. The van der Waals surface area contributed by atoms with Crippen LogP contribution in [0.5, 0.6) is 0 Å². The molecule has 9 heteroatoms. The van der Waals surface area contributed by atoms with Crippen molar-refractivity contribution in [2.45, 2.75) is 35.6 Å². The lowest BCUT2D eigenvalue weighted by Gasteiger charge is -2.20. The third kappa shape index (κ3) is 6.20. The van der Waals surface area contributed by atoms with Crippen LogP contribution in [0.4, 0.5) is 13.2 Å². The Bertz CT molecular complexity index is 980. The summed E-state index contributed by atoms with van der Waals surface area (Å²) in [4.78, 5) is 15.1. The van der Waals surface area contributed by atoms with E-state index in [1.165, 1.54) is 39.2 Å². The van der Waals surface area contributed by atoms with Gasteiger partial charge in [0.15, 0.2) is 0 Å². The molecule has 4 nitrogen and oxygen atoms in total. The van der Waals surface area contributed by atoms with E-state index in [4.69, 9.17) is 14.9 Å². The summed E-state index contributed by atoms with van der Waals surface area (Å²) >= 11 is 3.74. The van der Waals surface area contributed by atoms with Gasteiger partial charge in [-0.2, -0.15) is 13.2 Å². The van der Waals surface area contributed by atoms with Gasteiger partial charge in [0.1, 0.15) is 0 Å². The smallest absolute Gasteiger partial charge is 0.475 e. The van der Waals surface area contributed by atoms with Crippen molar-refractivity contribution >= 4 is 39.8 Å². The van der Waals surface area contributed by atoms with E-state index in [1.54, 1.807) is 0 Å². The first-order valence-electron chi connectivity index (χ1n) is 9.40. The zero-order chi connectivity index (χ0) is 21.6. The number of carboxylic acid groups (broad SMARTS) is 1. The summed E-state index contributed by atoms with van der Waals surface area (Å²) in [6, 6.07) is 15.1. The van der Waals surface area contributed by atoms with Crippen LogP contribution in [0.15, 0.2) is 52.7 Å². The van der Waals surface area contributed by atoms with E-state index in [2.05, 4.69) is 53.2 Å². The van der Waals surface area contributed by atoms with Crippen molar-refractivity contribution in [2.75, 3.05) is 13.1 Å². The first-order chi connectivity index (χ1) is 14.3. The SMILES string of the molecule is O=C(O)C(F)(F)F.c1ccc2c(SCc3csc(C4CCNCC4)n3)cccc2c1. The molecule has 1 fully saturated rings. The molecule has 1 aliphatic heterocycles. The fourth-order valence-corrected chi connectivity index (χ4v) is 5.18. The van der Waals surface area contributed by atoms with E-state index in [-0.39, 0.29) is 0 Å². The molecule has 30 heavy (non-hydrogen) atoms. The van der Waals surface area contributed by atoms with Crippen molar-refractivity contribution in [1.29, 1.82) is 0 Å². The fraction of sp³-hybridized carbons (Fsp3) is 0.333. The lowest BCUT2D eigenvalue weighted by molar-refractivity contribution is -0.192. The summed E-state index contributed by atoms with van der Waals surface area (Å²) < 4.78 is 31.7. The Labute approximate surface area is 180 Å². The molecule has 0 saturated carbocycles. The summed E-state index contributed by atoms with van der Waals surface area (Å²) in [5.74, 6) is -1.14. The topological polar surface area (TPSA) is 62.2 Å². The third-order valence-electron chi connectivity index (χ3n) is 4.63. The van der Waals surface area contributed by atoms with E-state index in [0.717, 1.165) is 18.8 Å². The van der Waals surface area contributed by atoms with Crippen molar-refractivity contribution in [1.82, 2.24) is 10.3 Å². The molecule has 4 rings (SSSR count). The van der Waals surface area contributed by atoms with Crippen LogP contribution in [0.2, 0.25) is 0 Å². The van der Waals surface area contributed by atoms with Gasteiger partial charge in [-0.1, -0.05) is 36.4 Å². The first-order valence-corrected chi connectivity index (χ1v) is 11.3. The molecule has 2 aromatic carbocycles. The minimum atomic E-state index is -5.08. The van der Waals surface area contributed by atoms with Crippen LogP contribution in [0, 0.1) is 0 Å². The molecule has 0 atom stereocenters. The number of fused-ring (bicyclic) bond motifs is 1. The average Bonchev–Trinajstić information content (AvgIpc) is 3.22. The number of nitrogens with zero attached hydrogens (tertiary/aromatic N) is 1. The normalized spacial score (nSPS) is 14.9. The van der Waals surface area contributed by atoms with Crippen LogP contribution < -0.4 is 5.32 Å². The summed E-state index contributed by atoms with van der Waals surface area (Å²) in [6.45, 7) is 2.26. The molecule has 0 aliphatic carbocycles. The Morgan fingerprint density at radius 1 is 1.17 bits per heavy atom. The van der Waals surface area contributed by atoms with Crippen molar-refractivity contribution < 1.29 is 23.1 Å². The Morgan fingerprint density at radius 3 is 2.53 bits per heavy atom. The maximum absolute atomic E-state index is 10.6. The van der Waals surface area contributed by atoms with Crippen LogP contribution in [0.3, 0.4) is 0 Å². The predicted molar refractivity (Wildman–Crippen MR) is 114 cm³/mol. The number of carboxylic acids is 1. The lowest BCUT2D eigenvalue weighted by Crippen LogP contribution is -2.26. The molecule has 160 valence electrons. The zero-order valence-corrected chi connectivity index (χ0v) is 17.6. The van der Waals surface area contributed by atoms with Gasteiger partial charge in [-0.05, 0) is 42.8 Å². The molecule has 1 aromatic heterocycles. The summed E-state index contributed by atoms with van der Waals surface area (Å²) in [6.07, 6.45) is -2.63. The number of benzene rings is 2. The van der Waals surface area contributed by atoms with Crippen LogP contribution in [0.25, 0.3) is 10.8 Å². The van der Waals surface area contributed by atoms with E-state index in [1.807, 2.05) is 23.1 Å². The summed E-state index contributed by atoms with van der Waals surface area (Å²) in [7, 11) is 0. The second-order valence-electron chi connectivity index (χ2n) is 6.77.